The zero-order valence-electron chi connectivity index (χ0n) is 15.4. The number of nitrogens with one attached hydrogen (secondary N) is 1. The molecule has 2 rings (SSSR count). The van der Waals surface area contributed by atoms with Crippen molar-refractivity contribution < 1.29 is 14.5 Å². The van der Waals surface area contributed by atoms with Crippen LogP contribution in [-0.4, -0.2) is 16.6 Å². The third-order valence-corrected chi connectivity index (χ3v) is 3.77. The largest absolute Gasteiger partial charge is 0.444 e. The number of nitriles is 1. The Morgan fingerprint density at radius 2 is 1.74 bits per heavy atom. The minimum Gasteiger partial charge on any atom is -0.444 e. The van der Waals surface area contributed by atoms with Gasteiger partial charge < -0.3 is 10.1 Å². The van der Waals surface area contributed by atoms with Crippen LogP contribution in [0.2, 0.25) is 0 Å². The van der Waals surface area contributed by atoms with Gasteiger partial charge in [0.15, 0.2) is 0 Å². The molecular weight excluding hydrogens is 346 g/mol. The number of alkyl carbamates (subject to hydrolysis) is 1. The average Bonchev–Trinajstić information content (AvgIpc) is 2.61. The van der Waals surface area contributed by atoms with Crippen molar-refractivity contribution in [3.8, 4) is 6.07 Å². The maximum Gasteiger partial charge on any atom is 0.408 e. The van der Waals surface area contributed by atoms with Crippen LogP contribution in [0.4, 0.5) is 10.5 Å². The summed E-state index contributed by atoms with van der Waals surface area (Å²) in [5, 5.41) is 23.9. The van der Waals surface area contributed by atoms with Gasteiger partial charge in [0.25, 0.3) is 5.69 Å². The van der Waals surface area contributed by atoms with Crippen LogP contribution in [0.1, 0.15) is 43.9 Å². The van der Waals surface area contributed by atoms with E-state index in [-0.39, 0.29) is 11.3 Å². The molecule has 0 saturated carbocycles. The predicted octanol–water partition coefficient (Wildman–Crippen LogP) is 4.47. The molecule has 0 saturated heterocycles. The molecule has 0 aliphatic carbocycles. The Bertz CT molecular complexity index is 854. The number of carbonyl (C=O) groups is 1. The number of ether oxygens (including phenoxy) is 1. The molecule has 2 atom stereocenters. The topological polar surface area (TPSA) is 105 Å². The molecule has 0 aliphatic heterocycles. The van der Waals surface area contributed by atoms with Crippen LogP contribution in [0.15, 0.2) is 54.6 Å². The molecule has 0 bridgehead atoms. The molecule has 0 spiro atoms. The summed E-state index contributed by atoms with van der Waals surface area (Å²) in [5.74, 6) is -0.971. The van der Waals surface area contributed by atoms with Gasteiger partial charge in [0.05, 0.1) is 17.0 Å². The molecule has 7 nitrogen and oxygen atoms in total. The van der Waals surface area contributed by atoms with E-state index < -0.39 is 28.6 Å². The van der Waals surface area contributed by atoms with E-state index in [0.29, 0.717) is 5.56 Å². The minimum absolute atomic E-state index is 0.170. The maximum absolute atomic E-state index is 12.3. The Labute approximate surface area is 157 Å². The first-order valence-corrected chi connectivity index (χ1v) is 8.40. The smallest absolute Gasteiger partial charge is 0.408 e. The van der Waals surface area contributed by atoms with Crippen molar-refractivity contribution in [1.82, 2.24) is 5.32 Å². The molecule has 1 N–H and O–H groups in total. The normalized spacial score (nSPS) is 13.1. The lowest BCUT2D eigenvalue weighted by Gasteiger charge is -2.26. The molecule has 7 heteroatoms. The van der Waals surface area contributed by atoms with Gasteiger partial charge >= 0.3 is 6.09 Å². The van der Waals surface area contributed by atoms with E-state index in [4.69, 9.17) is 4.74 Å². The lowest BCUT2D eigenvalue weighted by molar-refractivity contribution is -0.385. The van der Waals surface area contributed by atoms with Gasteiger partial charge in [0.1, 0.15) is 11.5 Å². The van der Waals surface area contributed by atoms with Crippen LogP contribution in [0.3, 0.4) is 0 Å². The lowest BCUT2D eigenvalue weighted by atomic mass is 9.87. The van der Waals surface area contributed by atoms with Crippen LogP contribution in [0.5, 0.6) is 0 Å². The standard InChI is InChI=1S/C20H21N3O4/c1-20(2,3)27-19(24)22-18(14-9-5-4-6-10-14)16(13-21)15-11-7-8-12-17(15)23(25)26/h4-12,16,18H,1-3H3,(H,22,24)/t16-,18-/m1/s1. The van der Waals surface area contributed by atoms with Crippen molar-refractivity contribution >= 4 is 11.8 Å². The Morgan fingerprint density at radius 3 is 2.30 bits per heavy atom. The highest BCUT2D eigenvalue weighted by molar-refractivity contribution is 5.69. The molecular formula is C20H21N3O4. The molecule has 1 amide bonds. The number of nitro groups is 1. The van der Waals surface area contributed by atoms with Crippen LogP contribution in [0.25, 0.3) is 0 Å². The number of amides is 1. The molecule has 27 heavy (non-hydrogen) atoms. The second-order valence-corrected chi connectivity index (χ2v) is 6.96. The summed E-state index contributed by atoms with van der Waals surface area (Å²) in [4.78, 5) is 23.2. The van der Waals surface area contributed by atoms with E-state index in [1.54, 1.807) is 57.2 Å². The molecule has 0 aliphatic rings. The zero-order chi connectivity index (χ0) is 20.0. The number of nitrogens with zero attached hydrogens (tertiary/aromatic N) is 2. The predicted molar refractivity (Wildman–Crippen MR) is 100 cm³/mol. The highest BCUT2D eigenvalue weighted by Crippen LogP contribution is 2.35. The number of benzene rings is 2. The van der Waals surface area contributed by atoms with Gasteiger partial charge in [0.2, 0.25) is 0 Å². The summed E-state index contributed by atoms with van der Waals surface area (Å²) in [6, 6.07) is 16.2. The molecule has 0 fully saturated rings. The van der Waals surface area contributed by atoms with E-state index in [0.717, 1.165) is 0 Å². The molecule has 140 valence electrons. The van der Waals surface area contributed by atoms with Crippen molar-refractivity contribution in [3.63, 3.8) is 0 Å². The minimum atomic E-state index is -0.971. The van der Waals surface area contributed by atoms with E-state index in [2.05, 4.69) is 11.4 Å². The Balaban J connectivity index is 2.47. The third-order valence-electron chi connectivity index (χ3n) is 3.77. The fourth-order valence-corrected chi connectivity index (χ4v) is 2.69. The van der Waals surface area contributed by atoms with E-state index in [1.165, 1.54) is 18.2 Å². The van der Waals surface area contributed by atoms with E-state index in [9.17, 15) is 20.2 Å². The molecule has 0 radical (unpaired) electrons. The van der Waals surface area contributed by atoms with Gasteiger partial charge in [-0.15, -0.1) is 0 Å². The monoisotopic (exact) mass is 367 g/mol. The summed E-state index contributed by atoms with van der Waals surface area (Å²) in [6.45, 7) is 5.19. The molecule has 2 aromatic carbocycles. The van der Waals surface area contributed by atoms with Gasteiger partial charge in [-0.05, 0) is 26.3 Å². The second-order valence-electron chi connectivity index (χ2n) is 6.96. The fraction of sp³-hybridized carbons (Fsp3) is 0.300. The van der Waals surface area contributed by atoms with Gasteiger partial charge in [0, 0.05) is 11.6 Å². The number of rotatable bonds is 5. The van der Waals surface area contributed by atoms with Gasteiger partial charge in [-0.25, -0.2) is 4.79 Å². The first kappa shape index (κ1) is 19.9. The van der Waals surface area contributed by atoms with Gasteiger partial charge in [-0.1, -0.05) is 48.5 Å². The van der Waals surface area contributed by atoms with Gasteiger partial charge in [-0.3, -0.25) is 10.1 Å². The fourth-order valence-electron chi connectivity index (χ4n) is 2.69. The summed E-state index contributed by atoms with van der Waals surface area (Å²) < 4.78 is 5.30. The molecule has 0 unspecified atom stereocenters. The van der Waals surface area contributed by atoms with E-state index >= 15 is 0 Å². The Morgan fingerprint density at radius 1 is 1.15 bits per heavy atom. The maximum atomic E-state index is 12.3. The number of hydrogen-bond donors (Lipinski definition) is 1. The third kappa shape index (κ3) is 5.28. The first-order chi connectivity index (χ1) is 12.7. The lowest BCUT2D eigenvalue weighted by Crippen LogP contribution is -2.37. The second kappa shape index (κ2) is 8.32. The Kier molecular flexibility index (Phi) is 6.14. The number of carbonyl (C=O) groups excluding carboxylic acids is 1. The summed E-state index contributed by atoms with van der Waals surface area (Å²) >= 11 is 0. The van der Waals surface area contributed by atoms with Crippen LogP contribution < -0.4 is 5.32 Å². The highest BCUT2D eigenvalue weighted by Gasteiger charge is 2.32. The molecule has 0 heterocycles. The van der Waals surface area contributed by atoms with Crippen molar-refractivity contribution in [3.05, 3.63) is 75.8 Å². The quantitative estimate of drug-likeness (QED) is 0.620. The number of nitro benzene ring substituents is 1. The van der Waals surface area contributed by atoms with Gasteiger partial charge in [-0.2, -0.15) is 5.26 Å². The Hall–Kier alpha value is -3.40. The van der Waals surface area contributed by atoms with Crippen molar-refractivity contribution in [2.45, 2.75) is 38.3 Å². The van der Waals surface area contributed by atoms with Crippen molar-refractivity contribution in [2.75, 3.05) is 0 Å². The SMILES string of the molecule is CC(C)(C)OC(=O)N[C@H](c1ccccc1)[C@H](C#N)c1ccccc1[N+](=O)[O-]. The highest BCUT2D eigenvalue weighted by atomic mass is 16.6. The van der Waals surface area contributed by atoms with Crippen molar-refractivity contribution in [2.24, 2.45) is 0 Å². The van der Waals surface area contributed by atoms with E-state index in [1.807, 2.05) is 0 Å². The molecule has 2 aromatic rings. The average molecular weight is 367 g/mol. The summed E-state index contributed by atoms with van der Waals surface area (Å²) in [7, 11) is 0. The van der Waals surface area contributed by atoms with Crippen LogP contribution in [-0.2, 0) is 4.74 Å². The van der Waals surface area contributed by atoms with Crippen LogP contribution >= 0.6 is 0 Å². The summed E-state index contributed by atoms with van der Waals surface area (Å²) in [5.41, 5.74) is -0.00871. The van der Waals surface area contributed by atoms with Crippen LogP contribution in [0, 0.1) is 21.4 Å². The number of para-hydroxylation sites is 1. The molecule has 0 aromatic heterocycles. The number of hydrogen-bond acceptors (Lipinski definition) is 5. The first-order valence-electron chi connectivity index (χ1n) is 8.40. The van der Waals surface area contributed by atoms with Crippen molar-refractivity contribution in [1.29, 1.82) is 5.26 Å². The summed E-state index contributed by atoms with van der Waals surface area (Å²) in [6.07, 6.45) is -0.699. The zero-order valence-corrected chi connectivity index (χ0v) is 15.4.